The van der Waals surface area contributed by atoms with Crippen LogP contribution in [-0.4, -0.2) is 6.61 Å². The summed E-state index contributed by atoms with van der Waals surface area (Å²) in [6, 6.07) is 10.7. The molecule has 1 unspecified atom stereocenters. The SMILES string of the molecule is CCOc1ccc(NC(C)c2ccc(Cl)c(F)c2)c(C)c1. The number of aryl methyl sites for hydroxylation is 1. The molecule has 0 aromatic heterocycles. The highest BCUT2D eigenvalue weighted by atomic mass is 35.5. The lowest BCUT2D eigenvalue weighted by Crippen LogP contribution is -2.08. The molecule has 0 aliphatic heterocycles. The second-order valence-electron chi connectivity index (χ2n) is 4.95. The Balaban J connectivity index is 2.15. The summed E-state index contributed by atoms with van der Waals surface area (Å²) in [5.41, 5.74) is 2.94. The molecule has 0 spiro atoms. The number of rotatable bonds is 5. The summed E-state index contributed by atoms with van der Waals surface area (Å²) < 4.78 is 19.0. The van der Waals surface area contributed by atoms with Crippen molar-refractivity contribution in [2.45, 2.75) is 26.8 Å². The molecular weight excluding hydrogens is 289 g/mol. The molecular formula is C17H19ClFNO. The first-order valence-electron chi connectivity index (χ1n) is 6.96. The molecule has 4 heteroatoms. The maximum atomic E-state index is 13.5. The number of benzene rings is 2. The van der Waals surface area contributed by atoms with Crippen molar-refractivity contribution < 1.29 is 9.13 Å². The van der Waals surface area contributed by atoms with Crippen molar-refractivity contribution >= 4 is 17.3 Å². The van der Waals surface area contributed by atoms with Crippen molar-refractivity contribution in [3.05, 3.63) is 58.4 Å². The molecule has 2 aromatic rings. The highest BCUT2D eigenvalue weighted by Gasteiger charge is 2.10. The largest absolute Gasteiger partial charge is 0.494 e. The lowest BCUT2D eigenvalue weighted by molar-refractivity contribution is 0.340. The van der Waals surface area contributed by atoms with Crippen molar-refractivity contribution in [2.75, 3.05) is 11.9 Å². The van der Waals surface area contributed by atoms with E-state index in [1.54, 1.807) is 6.07 Å². The lowest BCUT2D eigenvalue weighted by Gasteiger charge is -2.18. The Labute approximate surface area is 129 Å². The summed E-state index contributed by atoms with van der Waals surface area (Å²) in [5, 5.41) is 3.52. The van der Waals surface area contributed by atoms with Gasteiger partial charge in [-0.1, -0.05) is 17.7 Å². The van der Waals surface area contributed by atoms with Crippen LogP contribution >= 0.6 is 11.6 Å². The molecule has 2 aromatic carbocycles. The molecule has 0 saturated heterocycles. The molecule has 21 heavy (non-hydrogen) atoms. The van der Waals surface area contributed by atoms with Crippen LogP contribution in [0.1, 0.15) is 31.0 Å². The molecule has 2 rings (SSSR count). The maximum Gasteiger partial charge on any atom is 0.142 e. The average Bonchev–Trinajstić information content (AvgIpc) is 2.45. The smallest absolute Gasteiger partial charge is 0.142 e. The summed E-state index contributed by atoms with van der Waals surface area (Å²) in [5.74, 6) is 0.456. The highest BCUT2D eigenvalue weighted by Crippen LogP contribution is 2.27. The highest BCUT2D eigenvalue weighted by molar-refractivity contribution is 6.30. The van der Waals surface area contributed by atoms with Gasteiger partial charge < -0.3 is 10.1 Å². The Morgan fingerprint density at radius 1 is 1.24 bits per heavy atom. The van der Waals surface area contributed by atoms with E-state index < -0.39 is 5.82 Å². The van der Waals surface area contributed by atoms with E-state index in [0.29, 0.717) is 6.61 Å². The van der Waals surface area contributed by atoms with E-state index in [0.717, 1.165) is 22.6 Å². The number of anilines is 1. The van der Waals surface area contributed by atoms with Gasteiger partial charge in [-0.15, -0.1) is 0 Å². The topological polar surface area (TPSA) is 21.3 Å². The van der Waals surface area contributed by atoms with Gasteiger partial charge in [0, 0.05) is 11.7 Å². The van der Waals surface area contributed by atoms with Gasteiger partial charge in [0.1, 0.15) is 11.6 Å². The lowest BCUT2D eigenvalue weighted by atomic mass is 10.1. The Hall–Kier alpha value is -1.74. The zero-order valence-electron chi connectivity index (χ0n) is 12.4. The van der Waals surface area contributed by atoms with Gasteiger partial charge >= 0.3 is 0 Å². The zero-order chi connectivity index (χ0) is 15.4. The van der Waals surface area contributed by atoms with Crippen LogP contribution in [0.4, 0.5) is 10.1 Å². The third-order valence-electron chi connectivity index (χ3n) is 3.32. The normalized spacial score (nSPS) is 12.0. The van der Waals surface area contributed by atoms with Gasteiger partial charge in [0.25, 0.3) is 0 Å². The van der Waals surface area contributed by atoms with E-state index in [4.69, 9.17) is 16.3 Å². The third kappa shape index (κ3) is 3.88. The Morgan fingerprint density at radius 2 is 2.00 bits per heavy atom. The first kappa shape index (κ1) is 15.6. The predicted molar refractivity (Wildman–Crippen MR) is 85.8 cm³/mol. The predicted octanol–water partition coefficient (Wildman–Crippen LogP) is 5.36. The Morgan fingerprint density at radius 3 is 2.62 bits per heavy atom. The number of halogens is 2. The van der Waals surface area contributed by atoms with Crippen LogP contribution in [0.2, 0.25) is 5.02 Å². The Bertz CT molecular complexity index is 630. The van der Waals surface area contributed by atoms with Crippen molar-refractivity contribution in [1.29, 1.82) is 0 Å². The number of nitrogens with one attached hydrogen (secondary N) is 1. The fraction of sp³-hybridized carbons (Fsp3) is 0.294. The van der Waals surface area contributed by atoms with Crippen LogP contribution in [-0.2, 0) is 0 Å². The summed E-state index contributed by atoms with van der Waals surface area (Å²) in [6.07, 6.45) is 0. The molecule has 0 aliphatic carbocycles. The number of hydrogen-bond acceptors (Lipinski definition) is 2. The Kier molecular flexibility index (Phi) is 5.07. The van der Waals surface area contributed by atoms with Crippen LogP contribution < -0.4 is 10.1 Å². The first-order valence-corrected chi connectivity index (χ1v) is 7.34. The summed E-state index contributed by atoms with van der Waals surface area (Å²) >= 11 is 5.71. The molecule has 0 bridgehead atoms. The van der Waals surface area contributed by atoms with E-state index in [-0.39, 0.29) is 11.1 Å². The van der Waals surface area contributed by atoms with Gasteiger partial charge in [-0.3, -0.25) is 0 Å². The molecule has 2 nitrogen and oxygen atoms in total. The quantitative estimate of drug-likeness (QED) is 0.803. The standard InChI is InChI=1S/C17H19ClFNO/c1-4-21-14-6-8-17(11(2)9-14)20-12(3)13-5-7-15(18)16(19)10-13/h5-10,12,20H,4H2,1-3H3. The fourth-order valence-corrected chi connectivity index (χ4v) is 2.27. The van der Waals surface area contributed by atoms with Gasteiger partial charge in [0.2, 0.25) is 0 Å². The minimum absolute atomic E-state index is 0.0200. The number of hydrogen-bond donors (Lipinski definition) is 1. The summed E-state index contributed by atoms with van der Waals surface area (Å²) in [6.45, 7) is 6.60. The maximum absolute atomic E-state index is 13.5. The van der Waals surface area contributed by atoms with E-state index in [1.807, 2.05) is 45.0 Å². The van der Waals surface area contributed by atoms with E-state index in [1.165, 1.54) is 6.07 Å². The molecule has 0 heterocycles. The minimum atomic E-state index is -0.397. The second-order valence-corrected chi connectivity index (χ2v) is 5.36. The molecule has 1 atom stereocenters. The van der Waals surface area contributed by atoms with Crippen LogP contribution in [0.3, 0.4) is 0 Å². The fourth-order valence-electron chi connectivity index (χ4n) is 2.15. The van der Waals surface area contributed by atoms with Crippen LogP contribution in [0.5, 0.6) is 5.75 Å². The second kappa shape index (κ2) is 6.81. The van der Waals surface area contributed by atoms with Crippen molar-refractivity contribution in [3.8, 4) is 5.75 Å². The van der Waals surface area contributed by atoms with Crippen molar-refractivity contribution in [2.24, 2.45) is 0 Å². The molecule has 1 N–H and O–H groups in total. The molecule has 112 valence electrons. The molecule has 0 saturated carbocycles. The summed E-state index contributed by atoms with van der Waals surface area (Å²) in [7, 11) is 0. The monoisotopic (exact) mass is 307 g/mol. The first-order chi connectivity index (χ1) is 10.0. The summed E-state index contributed by atoms with van der Waals surface area (Å²) in [4.78, 5) is 0. The molecule has 0 radical (unpaired) electrons. The van der Waals surface area contributed by atoms with E-state index in [2.05, 4.69) is 5.32 Å². The van der Waals surface area contributed by atoms with Crippen LogP contribution in [0.25, 0.3) is 0 Å². The molecule has 0 amide bonds. The van der Waals surface area contributed by atoms with Crippen LogP contribution in [0, 0.1) is 12.7 Å². The van der Waals surface area contributed by atoms with Crippen molar-refractivity contribution in [1.82, 2.24) is 0 Å². The van der Waals surface area contributed by atoms with Crippen molar-refractivity contribution in [3.63, 3.8) is 0 Å². The van der Waals surface area contributed by atoms with Gasteiger partial charge in [-0.25, -0.2) is 4.39 Å². The third-order valence-corrected chi connectivity index (χ3v) is 3.63. The minimum Gasteiger partial charge on any atom is -0.494 e. The van der Waals surface area contributed by atoms with Gasteiger partial charge in [-0.2, -0.15) is 0 Å². The average molecular weight is 308 g/mol. The van der Waals surface area contributed by atoms with Gasteiger partial charge in [0.15, 0.2) is 0 Å². The molecule has 0 fully saturated rings. The van der Waals surface area contributed by atoms with Gasteiger partial charge in [-0.05, 0) is 62.2 Å². The van der Waals surface area contributed by atoms with Gasteiger partial charge in [0.05, 0.1) is 11.6 Å². The van der Waals surface area contributed by atoms with E-state index >= 15 is 0 Å². The molecule has 0 aliphatic rings. The zero-order valence-corrected chi connectivity index (χ0v) is 13.2. The number of ether oxygens (including phenoxy) is 1. The van der Waals surface area contributed by atoms with E-state index in [9.17, 15) is 4.39 Å². The van der Waals surface area contributed by atoms with Crippen LogP contribution in [0.15, 0.2) is 36.4 Å².